The summed E-state index contributed by atoms with van der Waals surface area (Å²) in [6.45, 7) is 4.87. The Morgan fingerprint density at radius 3 is 2.60 bits per heavy atom. The second-order valence-corrected chi connectivity index (χ2v) is 7.19. The molecule has 2 fully saturated rings. The monoisotopic (exact) mass is 335 g/mol. The molecule has 0 radical (unpaired) electrons. The Morgan fingerprint density at radius 2 is 1.84 bits per heavy atom. The first-order chi connectivity index (χ1) is 12.4. The lowest BCUT2D eigenvalue weighted by Gasteiger charge is -2.32. The maximum absolute atomic E-state index is 8.68. The summed E-state index contributed by atoms with van der Waals surface area (Å²) in [5, 5.41) is 8.68. The summed E-state index contributed by atoms with van der Waals surface area (Å²) in [6.07, 6.45) is 7.57. The molecule has 0 aliphatic carbocycles. The molecule has 132 valence electrons. The molecular weight excluding hydrogens is 306 g/mol. The van der Waals surface area contributed by atoms with Crippen LogP contribution < -0.4 is 0 Å². The lowest BCUT2D eigenvalue weighted by atomic mass is 10.0. The van der Waals surface area contributed by atoms with Crippen LogP contribution in [0.2, 0.25) is 0 Å². The van der Waals surface area contributed by atoms with E-state index in [2.05, 4.69) is 58.0 Å². The zero-order chi connectivity index (χ0) is 17.3. The van der Waals surface area contributed by atoms with E-state index >= 15 is 0 Å². The summed E-state index contributed by atoms with van der Waals surface area (Å²) in [5.74, 6) is 6.89. The van der Waals surface area contributed by atoms with Crippen LogP contribution in [0.15, 0.2) is 30.3 Å². The van der Waals surface area contributed by atoms with E-state index in [1.54, 1.807) is 0 Å². The van der Waals surface area contributed by atoms with Crippen LogP contribution in [0.5, 0.6) is 0 Å². The van der Waals surface area contributed by atoms with Crippen LogP contribution in [0.4, 0.5) is 0 Å². The Morgan fingerprint density at radius 1 is 1.04 bits per heavy atom. The van der Waals surface area contributed by atoms with Gasteiger partial charge in [0.1, 0.15) is 0 Å². The summed E-state index contributed by atoms with van der Waals surface area (Å²) in [5.41, 5.74) is 1.31. The predicted molar refractivity (Wildman–Crippen MR) is 102 cm³/mol. The van der Waals surface area contributed by atoms with Crippen LogP contribution in [0, 0.1) is 23.2 Å². The summed E-state index contributed by atoms with van der Waals surface area (Å²) in [6, 6.07) is 13.7. The highest BCUT2D eigenvalue weighted by Gasteiger charge is 2.32. The molecule has 0 N–H and O–H groups in total. The van der Waals surface area contributed by atoms with E-state index in [-0.39, 0.29) is 6.04 Å². The smallest absolute Gasteiger partial charge is 0.0973 e. The highest BCUT2D eigenvalue weighted by molar-refractivity contribution is 5.28. The summed E-state index contributed by atoms with van der Waals surface area (Å²) in [7, 11) is 0. The minimum absolute atomic E-state index is 0.193. The van der Waals surface area contributed by atoms with Gasteiger partial charge in [0.05, 0.1) is 12.1 Å². The third-order valence-corrected chi connectivity index (χ3v) is 5.37. The van der Waals surface area contributed by atoms with E-state index in [1.807, 2.05) is 0 Å². The van der Waals surface area contributed by atoms with Crippen molar-refractivity contribution < 1.29 is 0 Å². The van der Waals surface area contributed by atoms with Crippen LogP contribution in [0.3, 0.4) is 0 Å². The van der Waals surface area contributed by atoms with Gasteiger partial charge in [-0.1, -0.05) is 36.3 Å². The van der Waals surface area contributed by atoms with Gasteiger partial charge in [0.25, 0.3) is 0 Å². The molecule has 2 saturated heterocycles. The quantitative estimate of drug-likeness (QED) is 0.582. The molecule has 1 aromatic carbocycles. The zero-order valence-corrected chi connectivity index (χ0v) is 15.2. The molecule has 3 nitrogen and oxygen atoms in total. The number of hydrogen-bond donors (Lipinski definition) is 0. The number of likely N-dealkylation sites (tertiary alicyclic amines) is 2. The van der Waals surface area contributed by atoms with Gasteiger partial charge in [-0.2, -0.15) is 5.26 Å². The van der Waals surface area contributed by atoms with Crippen molar-refractivity contribution in [1.29, 1.82) is 5.26 Å². The minimum Gasteiger partial charge on any atom is -0.302 e. The van der Waals surface area contributed by atoms with E-state index < -0.39 is 0 Å². The van der Waals surface area contributed by atoms with E-state index in [0.717, 1.165) is 19.4 Å². The first-order valence-corrected chi connectivity index (χ1v) is 9.77. The summed E-state index contributed by atoms with van der Waals surface area (Å²) in [4.78, 5) is 5.26. The molecule has 0 amide bonds. The molecule has 2 atom stereocenters. The van der Waals surface area contributed by atoms with Crippen molar-refractivity contribution >= 4 is 0 Å². The third-order valence-electron chi connectivity index (χ3n) is 5.37. The lowest BCUT2D eigenvalue weighted by Crippen LogP contribution is -2.41. The SMILES string of the molecule is N#CCCCC#C[C@H](c1ccccc1)N1CCC[C@H]1CN1CCCC1. The Kier molecular flexibility index (Phi) is 6.92. The fourth-order valence-corrected chi connectivity index (χ4v) is 4.07. The molecular formula is C22H29N3. The third kappa shape index (κ3) is 5.08. The highest BCUT2D eigenvalue weighted by atomic mass is 15.3. The van der Waals surface area contributed by atoms with Gasteiger partial charge in [-0.15, -0.1) is 5.92 Å². The van der Waals surface area contributed by atoms with Gasteiger partial charge in [-0.3, -0.25) is 4.90 Å². The molecule has 0 aromatic heterocycles. The lowest BCUT2D eigenvalue weighted by molar-refractivity contribution is 0.168. The first kappa shape index (κ1) is 18.0. The maximum Gasteiger partial charge on any atom is 0.0973 e. The number of benzene rings is 1. The number of rotatable bonds is 6. The Hall–Kier alpha value is -1.81. The fourth-order valence-electron chi connectivity index (χ4n) is 4.07. The van der Waals surface area contributed by atoms with Crippen LogP contribution in [0.1, 0.15) is 56.6 Å². The van der Waals surface area contributed by atoms with Crippen LogP contribution in [-0.2, 0) is 0 Å². The number of nitriles is 1. The largest absolute Gasteiger partial charge is 0.302 e. The van der Waals surface area contributed by atoms with Gasteiger partial charge in [0.2, 0.25) is 0 Å². The topological polar surface area (TPSA) is 30.3 Å². The van der Waals surface area contributed by atoms with Gasteiger partial charge in [-0.05, 0) is 50.8 Å². The van der Waals surface area contributed by atoms with E-state index in [0.29, 0.717) is 12.5 Å². The molecule has 0 unspecified atom stereocenters. The Labute approximate surface area is 152 Å². The Balaban J connectivity index is 1.71. The van der Waals surface area contributed by atoms with Crippen LogP contribution in [0.25, 0.3) is 0 Å². The summed E-state index contributed by atoms with van der Waals surface area (Å²) < 4.78 is 0. The van der Waals surface area contributed by atoms with Gasteiger partial charge in [0.15, 0.2) is 0 Å². The standard InChI is InChI=1S/C22H29N3/c23-15-7-2-1-6-14-22(20-11-4-3-5-12-20)25-18-10-13-21(25)19-24-16-8-9-17-24/h3-5,11-12,21-22H,1-2,7-10,13,16-19H2/t21-,22+/m0/s1. The molecule has 25 heavy (non-hydrogen) atoms. The number of nitrogens with zero attached hydrogens (tertiary/aromatic N) is 3. The minimum atomic E-state index is 0.193. The van der Waals surface area contributed by atoms with E-state index in [4.69, 9.17) is 5.26 Å². The van der Waals surface area contributed by atoms with E-state index in [1.165, 1.54) is 50.9 Å². The van der Waals surface area contributed by atoms with Crippen molar-refractivity contribution in [2.45, 2.75) is 57.0 Å². The van der Waals surface area contributed by atoms with Gasteiger partial charge >= 0.3 is 0 Å². The molecule has 0 bridgehead atoms. The van der Waals surface area contributed by atoms with Crippen molar-refractivity contribution in [3.63, 3.8) is 0 Å². The normalized spacial score (nSPS) is 22.3. The second-order valence-electron chi connectivity index (χ2n) is 7.19. The average Bonchev–Trinajstić information content (AvgIpc) is 3.32. The molecule has 0 spiro atoms. The van der Waals surface area contributed by atoms with Crippen molar-refractivity contribution in [2.75, 3.05) is 26.2 Å². The summed E-state index contributed by atoms with van der Waals surface area (Å²) >= 11 is 0. The molecule has 3 rings (SSSR count). The van der Waals surface area contributed by atoms with Crippen molar-refractivity contribution in [3.8, 4) is 17.9 Å². The molecule has 2 aliphatic rings. The average molecular weight is 335 g/mol. The van der Waals surface area contributed by atoms with Crippen LogP contribution in [-0.4, -0.2) is 42.0 Å². The van der Waals surface area contributed by atoms with Crippen LogP contribution >= 0.6 is 0 Å². The molecule has 3 heteroatoms. The Bertz CT molecular complexity index is 616. The number of hydrogen-bond acceptors (Lipinski definition) is 3. The molecule has 0 saturated carbocycles. The van der Waals surface area contributed by atoms with Gasteiger partial charge in [0, 0.05) is 32.0 Å². The van der Waals surface area contributed by atoms with Crippen molar-refractivity contribution in [1.82, 2.24) is 9.80 Å². The maximum atomic E-state index is 8.68. The van der Waals surface area contributed by atoms with Crippen molar-refractivity contribution in [2.24, 2.45) is 0 Å². The molecule has 2 heterocycles. The van der Waals surface area contributed by atoms with E-state index in [9.17, 15) is 0 Å². The molecule has 1 aromatic rings. The van der Waals surface area contributed by atoms with Gasteiger partial charge < -0.3 is 4.90 Å². The second kappa shape index (κ2) is 9.62. The highest BCUT2D eigenvalue weighted by Crippen LogP contribution is 2.30. The first-order valence-electron chi connectivity index (χ1n) is 9.77. The van der Waals surface area contributed by atoms with Crippen molar-refractivity contribution in [3.05, 3.63) is 35.9 Å². The fraction of sp³-hybridized carbons (Fsp3) is 0.591. The predicted octanol–water partition coefficient (Wildman–Crippen LogP) is 3.99. The van der Waals surface area contributed by atoms with Gasteiger partial charge in [-0.25, -0.2) is 0 Å². The molecule has 2 aliphatic heterocycles. The number of unbranched alkanes of at least 4 members (excludes halogenated alkanes) is 2. The zero-order valence-electron chi connectivity index (χ0n) is 15.2.